The molecule has 2 aromatic rings. The molecule has 5 nitrogen and oxygen atoms in total. The second kappa shape index (κ2) is 8.37. The number of likely N-dealkylation sites (tertiary alicyclic amines) is 1. The summed E-state index contributed by atoms with van der Waals surface area (Å²) in [6, 6.07) is 4.74. The fourth-order valence-electron chi connectivity index (χ4n) is 3.02. The van der Waals surface area contributed by atoms with E-state index in [9.17, 15) is 18.4 Å². The first-order valence-corrected chi connectivity index (χ1v) is 9.29. The van der Waals surface area contributed by atoms with E-state index in [-0.39, 0.29) is 18.3 Å². The van der Waals surface area contributed by atoms with Gasteiger partial charge in [0, 0.05) is 12.6 Å². The van der Waals surface area contributed by atoms with Crippen LogP contribution in [0.5, 0.6) is 0 Å². The second-order valence-electron chi connectivity index (χ2n) is 6.10. The summed E-state index contributed by atoms with van der Waals surface area (Å²) in [6.45, 7) is 2.18. The lowest BCUT2D eigenvalue weighted by Crippen LogP contribution is -2.41. The average Bonchev–Trinajstić information content (AvgIpc) is 3.31. The molecule has 0 saturated carbocycles. The minimum Gasteiger partial charge on any atom is -0.346 e. The molecule has 138 valence electrons. The first-order chi connectivity index (χ1) is 12.5. The largest absolute Gasteiger partial charge is 0.346 e. The Morgan fingerprint density at radius 1 is 1.15 bits per heavy atom. The molecule has 1 aliphatic rings. The molecule has 1 atom stereocenters. The summed E-state index contributed by atoms with van der Waals surface area (Å²) in [6.07, 6.45) is 2.22. The van der Waals surface area contributed by atoms with Crippen LogP contribution in [0.4, 0.5) is 14.5 Å². The summed E-state index contributed by atoms with van der Waals surface area (Å²) in [5, 5.41) is 8.78. The smallest absolute Gasteiger partial charge is 0.313 e. The van der Waals surface area contributed by atoms with Crippen LogP contribution in [-0.2, 0) is 9.59 Å². The molecular weight excluding hydrogens is 360 g/mol. The van der Waals surface area contributed by atoms with Crippen molar-refractivity contribution in [1.29, 1.82) is 0 Å². The third-order valence-corrected chi connectivity index (χ3v) is 5.05. The molecule has 2 N–H and O–H groups in total. The minimum absolute atomic E-state index is 0.00283. The number of thiophene rings is 1. The zero-order valence-corrected chi connectivity index (χ0v) is 14.8. The van der Waals surface area contributed by atoms with Crippen molar-refractivity contribution in [1.82, 2.24) is 10.2 Å². The zero-order valence-electron chi connectivity index (χ0n) is 14.0. The Kier molecular flexibility index (Phi) is 5.95. The van der Waals surface area contributed by atoms with Crippen LogP contribution < -0.4 is 10.6 Å². The molecule has 0 spiro atoms. The molecule has 2 amide bonds. The summed E-state index contributed by atoms with van der Waals surface area (Å²) in [7, 11) is 0. The summed E-state index contributed by atoms with van der Waals surface area (Å²) in [5.41, 5.74) is 0.864. The van der Waals surface area contributed by atoms with Gasteiger partial charge in [0.05, 0.1) is 11.7 Å². The van der Waals surface area contributed by atoms with Crippen molar-refractivity contribution in [3.05, 3.63) is 52.2 Å². The van der Waals surface area contributed by atoms with E-state index < -0.39 is 23.4 Å². The lowest BCUT2D eigenvalue weighted by atomic mass is 10.1. The van der Waals surface area contributed by atoms with Crippen molar-refractivity contribution in [2.75, 3.05) is 25.0 Å². The Hall–Kier alpha value is -2.32. The van der Waals surface area contributed by atoms with Crippen molar-refractivity contribution < 1.29 is 18.4 Å². The number of benzene rings is 1. The molecule has 1 fully saturated rings. The minimum atomic E-state index is -0.985. The molecule has 0 bridgehead atoms. The zero-order chi connectivity index (χ0) is 18.5. The summed E-state index contributed by atoms with van der Waals surface area (Å²) < 4.78 is 26.5. The topological polar surface area (TPSA) is 61.4 Å². The predicted octanol–water partition coefficient (Wildman–Crippen LogP) is 2.92. The highest BCUT2D eigenvalue weighted by molar-refractivity contribution is 7.08. The first kappa shape index (κ1) is 18.5. The highest BCUT2D eigenvalue weighted by Gasteiger charge is 2.25. The standard InChI is InChI=1S/C18H19F2N3O2S/c19-13-3-4-15(14(20)9-13)22-18(25)17(24)21-10-16(12-5-8-26-11-12)23-6-1-2-7-23/h3-5,8-9,11,16H,1-2,6-7,10H2,(H,21,24)(H,22,25)/t16-/m0/s1. The monoisotopic (exact) mass is 379 g/mol. The second-order valence-corrected chi connectivity index (χ2v) is 6.88. The third kappa shape index (κ3) is 4.44. The van der Waals surface area contributed by atoms with Crippen LogP contribution in [0.3, 0.4) is 0 Å². The van der Waals surface area contributed by atoms with Gasteiger partial charge in [-0.25, -0.2) is 8.78 Å². The number of rotatable bonds is 5. The fraction of sp³-hybridized carbons (Fsp3) is 0.333. The Bertz CT molecular complexity index is 777. The van der Waals surface area contributed by atoms with E-state index >= 15 is 0 Å². The molecular formula is C18H19F2N3O2S. The van der Waals surface area contributed by atoms with Crippen molar-refractivity contribution >= 4 is 28.8 Å². The van der Waals surface area contributed by atoms with Crippen LogP contribution in [0.1, 0.15) is 24.4 Å². The van der Waals surface area contributed by atoms with E-state index in [4.69, 9.17) is 0 Å². The maximum absolute atomic E-state index is 13.6. The maximum Gasteiger partial charge on any atom is 0.313 e. The lowest BCUT2D eigenvalue weighted by molar-refractivity contribution is -0.136. The number of halogens is 2. The van der Waals surface area contributed by atoms with E-state index in [0.717, 1.165) is 43.6 Å². The molecule has 2 heterocycles. The number of amides is 2. The normalized spacial score (nSPS) is 15.6. The van der Waals surface area contributed by atoms with Gasteiger partial charge in [0.15, 0.2) is 0 Å². The SMILES string of the molecule is O=C(NC[C@@H](c1ccsc1)N1CCCC1)C(=O)Nc1ccc(F)cc1F. The first-order valence-electron chi connectivity index (χ1n) is 8.35. The summed E-state index contributed by atoms with van der Waals surface area (Å²) in [4.78, 5) is 26.3. The van der Waals surface area contributed by atoms with Crippen LogP contribution in [0, 0.1) is 11.6 Å². The van der Waals surface area contributed by atoms with Gasteiger partial charge < -0.3 is 10.6 Å². The van der Waals surface area contributed by atoms with Gasteiger partial charge in [0.2, 0.25) is 0 Å². The highest BCUT2D eigenvalue weighted by atomic mass is 32.1. The van der Waals surface area contributed by atoms with Gasteiger partial charge in [0.1, 0.15) is 11.6 Å². The van der Waals surface area contributed by atoms with Gasteiger partial charge in [-0.15, -0.1) is 0 Å². The molecule has 0 aliphatic carbocycles. The van der Waals surface area contributed by atoms with Crippen LogP contribution in [0.25, 0.3) is 0 Å². The van der Waals surface area contributed by atoms with E-state index in [0.29, 0.717) is 6.07 Å². The Morgan fingerprint density at radius 2 is 1.92 bits per heavy atom. The van der Waals surface area contributed by atoms with Gasteiger partial charge in [-0.2, -0.15) is 11.3 Å². The van der Waals surface area contributed by atoms with Gasteiger partial charge in [-0.3, -0.25) is 14.5 Å². The van der Waals surface area contributed by atoms with Gasteiger partial charge in [-0.1, -0.05) is 0 Å². The number of nitrogens with one attached hydrogen (secondary N) is 2. The van der Waals surface area contributed by atoms with Crippen molar-refractivity contribution in [2.45, 2.75) is 18.9 Å². The Balaban J connectivity index is 1.60. The van der Waals surface area contributed by atoms with Crippen LogP contribution in [0.15, 0.2) is 35.0 Å². The molecule has 1 aromatic carbocycles. The van der Waals surface area contributed by atoms with Crippen LogP contribution in [0.2, 0.25) is 0 Å². The molecule has 0 radical (unpaired) electrons. The summed E-state index contributed by atoms with van der Waals surface area (Å²) >= 11 is 1.58. The molecule has 1 aliphatic heterocycles. The van der Waals surface area contributed by atoms with Crippen molar-refractivity contribution in [3.63, 3.8) is 0 Å². The molecule has 3 rings (SSSR count). The van der Waals surface area contributed by atoms with Crippen molar-refractivity contribution in [3.8, 4) is 0 Å². The van der Waals surface area contributed by atoms with E-state index in [2.05, 4.69) is 15.5 Å². The van der Waals surface area contributed by atoms with Crippen LogP contribution in [-0.4, -0.2) is 36.3 Å². The molecule has 0 unspecified atom stereocenters. The quantitative estimate of drug-likeness (QED) is 0.786. The molecule has 26 heavy (non-hydrogen) atoms. The van der Waals surface area contributed by atoms with Crippen LogP contribution >= 0.6 is 11.3 Å². The van der Waals surface area contributed by atoms with Crippen molar-refractivity contribution in [2.24, 2.45) is 0 Å². The number of carbonyl (C=O) groups is 2. The molecule has 1 aromatic heterocycles. The third-order valence-electron chi connectivity index (χ3n) is 4.35. The highest BCUT2D eigenvalue weighted by Crippen LogP contribution is 2.26. The fourth-order valence-corrected chi connectivity index (χ4v) is 3.72. The average molecular weight is 379 g/mol. The van der Waals surface area contributed by atoms with Gasteiger partial charge >= 0.3 is 11.8 Å². The lowest BCUT2D eigenvalue weighted by Gasteiger charge is -2.27. The number of anilines is 1. The van der Waals surface area contributed by atoms with E-state index in [1.54, 1.807) is 11.3 Å². The number of hydrogen-bond acceptors (Lipinski definition) is 4. The Morgan fingerprint density at radius 3 is 2.58 bits per heavy atom. The number of nitrogens with zero attached hydrogens (tertiary/aromatic N) is 1. The van der Waals surface area contributed by atoms with E-state index in [1.165, 1.54) is 0 Å². The number of carbonyl (C=O) groups excluding carboxylic acids is 2. The Labute approximate surface area is 154 Å². The van der Waals surface area contributed by atoms with Gasteiger partial charge in [-0.05, 0) is 60.5 Å². The van der Waals surface area contributed by atoms with Gasteiger partial charge in [0.25, 0.3) is 0 Å². The maximum atomic E-state index is 13.6. The van der Waals surface area contributed by atoms with E-state index in [1.807, 2.05) is 16.8 Å². The summed E-state index contributed by atoms with van der Waals surface area (Å²) in [5.74, 6) is -3.53. The molecule has 1 saturated heterocycles. The molecule has 8 heteroatoms. The predicted molar refractivity (Wildman–Crippen MR) is 95.9 cm³/mol. The number of hydrogen-bond donors (Lipinski definition) is 2.